The van der Waals surface area contributed by atoms with E-state index in [2.05, 4.69) is 21.4 Å². The van der Waals surface area contributed by atoms with E-state index in [1.807, 2.05) is 85.8 Å². The molecule has 38 heavy (non-hydrogen) atoms. The van der Waals surface area contributed by atoms with Crippen molar-refractivity contribution in [3.8, 4) is 39.8 Å². The molecule has 1 amide bonds. The second kappa shape index (κ2) is 11.3. The summed E-state index contributed by atoms with van der Waals surface area (Å²) in [6.07, 6.45) is 0. The van der Waals surface area contributed by atoms with Gasteiger partial charge in [0, 0.05) is 27.4 Å². The molecule has 186 valence electrons. The first-order valence-corrected chi connectivity index (χ1v) is 13.1. The molecule has 2 aromatic heterocycles. The molecule has 5 aromatic rings. The lowest BCUT2D eigenvalue weighted by atomic mass is 9.98. The number of aryl methyl sites for hydroxylation is 1. The predicted octanol–water partition coefficient (Wildman–Crippen LogP) is 7.63. The van der Waals surface area contributed by atoms with Gasteiger partial charge in [-0.15, -0.1) is 0 Å². The number of furan rings is 1. The van der Waals surface area contributed by atoms with Crippen LogP contribution in [0.3, 0.4) is 0 Å². The van der Waals surface area contributed by atoms with Gasteiger partial charge in [-0.25, -0.2) is 9.97 Å². The summed E-state index contributed by atoms with van der Waals surface area (Å²) in [5, 5.41) is 13.9. The van der Waals surface area contributed by atoms with Crippen molar-refractivity contribution < 1.29 is 9.21 Å². The van der Waals surface area contributed by atoms with Crippen molar-refractivity contribution >= 4 is 35.2 Å². The zero-order chi connectivity index (χ0) is 26.5. The molecule has 0 fully saturated rings. The fraction of sp³-hybridized carbons (Fsp3) is 0.0667. The van der Waals surface area contributed by atoms with Gasteiger partial charge < -0.3 is 4.42 Å². The fourth-order valence-electron chi connectivity index (χ4n) is 3.97. The van der Waals surface area contributed by atoms with Crippen LogP contribution in [-0.4, -0.2) is 21.6 Å². The number of anilines is 1. The maximum Gasteiger partial charge on any atom is 0.237 e. The van der Waals surface area contributed by atoms with Gasteiger partial charge in [-0.2, -0.15) is 5.26 Å². The molecule has 0 aliphatic rings. The van der Waals surface area contributed by atoms with Gasteiger partial charge >= 0.3 is 0 Å². The molecular formula is C30H21ClN4O2S. The molecule has 8 heteroatoms. The summed E-state index contributed by atoms with van der Waals surface area (Å²) in [7, 11) is 0. The van der Waals surface area contributed by atoms with Gasteiger partial charge in [-0.05, 0) is 30.7 Å². The van der Waals surface area contributed by atoms with Crippen LogP contribution in [0.2, 0.25) is 5.02 Å². The lowest BCUT2D eigenvalue weighted by Gasteiger charge is -2.06. The number of hydrogen-bond acceptors (Lipinski definition) is 6. The van der Waals surface area contributed by atoms with Crippen molar-refractivity contribution in [1.29, 1.82) is 5.26 Å². The molecule has 2 heterocycles. The SMILES string of the molecule is Cc1cc(-c2ccc(Cl)cc2)nc(SCC(=O)Nc2oc(-c3ccccc3)c(-c3ccccc3)c2C#N)n1. The molecule has 0 aliphatic heterocycles. The van der Waals surface area contributed by atoms with E-state index < -0.39 is 0 Å². The number of halogens is 1. The van der Waals surface area contributed by atoms with E-state index in [9.17, 15) is 10.1 Å². The molecule has 0 radical (unpaired) electrons. The minimum absolute atomic E-state index is 0.0381. The Morgan fingerprint density at radius 2 is 1.61 bits per heavy atom. The molecule has 0 saturated carbocycles. The Labute approximate surface area is 229 Å². The fourth-order valence-corrected chi connectivity index (χ4v) is 4.80. The molecule has 1 N–H and O–H groups in total. The van der Waals surface area contributed by atoms with E-state index in [0.29, 0.717) is 21.5 Å². The van der Waals surface area contributed by atoms with Crippen molar-refractivity contribution in [3.05, 3.63) is 107 Å². The van der Waals surface area contributed by atoms with E-state index in [1.165, 1.54) is 11.8 Å². The first kappa shape index (κ1) is 25.3. The standard InChI is InChI=1S/C30H21ClN4O2S/c1-19-16-25(20-12-14-23(31)15-13-20)34-30(33-19)38-18-26(36)35-29-24(17-32)27(21-8-4-2-5-9-21)28(37-29)22-10-6-3-7-11-22/h2-16H,18H2,1H3,(H,35,36). The molecule has 6 nitrogen and oxygen atoms in total. The van der Waals surface area contributed by atoms with Gasteiger partial charge in [0.1, 0.15) is 17.4 Å². The molecule has 0 spiro atoms. The summed E-state index contributed by atoms with van der Waals surface area (Å²) >= 11 is 7.21. The van der Waals surface area contributed by atoms with Crippen LogP contribution < -0.4 is 5.32 Å². The third kappa shape index (κ3) is 5.62. The highest BCUT2D eigenvalue weighted by Crippen LogP contribution is 2.41. The molecule has 3 aromatic carbocycles. The van der Waals surface area contributed by atoms with E-state index in [0.717, 1.165) is 28.1 Å². The number of carbonyl (C=O) groups excluding carboxylic acids is 1. The van der Waals surface area contributed by atoms with Crippen LogP contribution in [0.15, 0.2) is 101 Å². The monoisotopic (exact) mass is 536 g/mol. The van der Waals surface area contributed by atoms with Crippen LogP contribution in [0.4, 0.5) is 5.88 Å². The van der Waals surface area contributed by atoms with Gasteiger partial charge in [0.05, 0.1) is 11.4 Å². The number of nitriles is 1. The van der Waals surface area contributed by atoms with Crippen molar-refractivity contribution in [2.45, 2.75) is 12.1 Å². The highest BCUT2D eigenvalue weighted by molar-refractivity contribution is 7.99. The lowest BCUT2D eigenvalue weighted by Crippen LogP contribution is -2.14. The number of aromatic nitrogens is 2. The smallest absolute Gasteiger partial charge is 0.237 e. The quantitative estimate of drug-likeness (QED) is 0.170. The van der Waals surface area contributed by atoms with Gasteiger partial charge in [-0.1, -0.05) is 96.2 Å². The Hall–Kier alpha value is -4.38. The predicted molar refractivity (Wildman–Crippen MR) is 151 cm³/mol. The number of nitrogens with one attached hydrogen (secondary N) is 1. The summed E-state index contributed by atoms with van der Waals surface area (Å²) in [4.78, 5) is 22.0. The van der Waals surface area contributed by atoms with Crippen LogP contribution in [0, 0.1) is 18.3 Å². The van der Waals surface area contributed by atoms with Crippen LogP contribution >= 0.6 is 23.4 Å². The van der Waals surface area contributed by atoms with Crippen molar-refractivity contribution in [2.75, 3.05) is 11.1 Å². The van der Waals surface area contributed by atoms with E-state index >= 15 is 0 Å². The number of benzene rings is 3. The largest absolute Gasteiger partial charge is 0.438 e. The molecular weight excluding hydrogens is 516 g/mol. The number of rotatable bonds is 7. The van der Waals surface area contributed by atoms with E-state index in [1.54, 1.807) is 12.1 Å². The minimum atomic E-state index is -0.336. The van der Waals surface area contributed by atoms with Gasteiger partial charge in [-0.3, -0.25) is 10.1 Å². The average molecular weight is 537 g/mol. The van der Waals surface area contributed by atoms with Crippen molar-refractivity contribution in [3.63, 3.8) is 0 Å². The number of thioether (sulfide) groups is 1. The zero-order valence-electron chi connectivity index (χ0n) is 20.3. The summed E-state index contributed by atoms with van der Waals surface area (Å²) in [6.45, 7) is 1.88. The number of hydrogen-bond donors (Lipinski definition) is 1. The topological polar surface area (TPSA) is 91.8 Å². The summed E-state index contributed by atoms with van der Waals surface area (Å²) in [6, 6.07) is 30.5. The Kier molecular flexibility index (Phi) is 7.55. The maximum atomic E-state index is 13.0. The van der Waals surface area contributed by atoms with E-state index in [4.69, 9.17) is 16.0 Å². The summed E-state index contributed by atoms with van der Waals surface area (Å²) in [5.41, 5.74) is 4.97. The Balaban J connectivity index is 1.39. The third-order valence-corrected chi connectivity index (χ3v) is 6.78. The summed E-state index contributed by atoms with van der Waals surface area (Å²) in [5.74, 6) is 0.336. The van der Waals surface area contributed by atoms with Crippen LogP contribution in [0.5, 0.6) is 0 Å². The van der Waals surface area contributed by atoms with Gasteiger partial charge in [0.15, 0.2) is 5.16 Å². The Morgan fingerprint density at radius 1 is 0.947 bits per heavy atom. The van der Waals surface area contributed by atoms with Crippen molar-refractivity contribution in [1.82, 2.24) is 9.97 Å². The molecule has 0 saturated heterocycles. The van der Waals surface area contributed by atoms with Crippen LogP contribution in [0.1, 0.15) is 11.3 Å². The Morgan fingerprint density at radius 3 is 2.26 bits per heavy atom. The van der Waals surface area contributed by atoms with Gasteiger partial charge in [0.2, 0.25) is 11.8 Å². The number of amides is 1. The molecule has 5 rings (SSSR count). The highest BCUT2D eigenvalue weighted by atomic mass is 35.5. The van der Waals surface area contributed by atoms with E-state index in [-0.39, 0.29) is 23.1 Å². The molecule has 0 bridgehead atoms. The molecule has 0 atom stereocenters. The normalized spacial score (nSPS) is 10.7. The first-order chi connectivity index (χ1) is 18.5. The number of nitrogens with zero attached hydrogens (tertiary/aromatic N) is 3. The van der Waals surface area contributed by atoms with Crippen LogP contribution in [0.25, 0.3) is 33.7 Å². The second-order valence-electron chi connectivity index (χ2n) is 8.38. The molecule has 0 unspecified atom stereocenters. The lowest BCUT2D eigenvalue weighted by molar-refractivity contribution is -0.113. The Bertz CT molecular complexity index is 1630. The third-order valence-electron chi connectivity index (χ3n) is 5.68. The second-order valence-corrected chi connectivity index (χ2v) is 9.75. The van der Waals surface area contributed by atoms with Crippen molar-refractivity contribution in [2.24, 2.45) is 0 Å². The van der Waals surface area contributed by atoms with Crippen LogP contribution in [-0.2, 0) is 4.79 Å². The van der Waals surface area contributed by atoms with Gasteiger partial charge in [0.25, 0.3) is 0 Å². The first-order valence-electron chi connectivity index (χ1n) is 11.7. The highest BCUT2D eigenvalue weighted by Gasteiger charge is 2.24. The average Bonchev–Trinajstić information content (AvgIpc) is 3.31. The maximum absolute atomic E-state index is 13.0. The molecule has 0 aliphatic carbocycles. The zero-order valence-corrected chi connectivity index (χ0v) is 21.9. The number of carbonyl (C=O) groups is 1. The summed E-state index contributed by atoms with van der Waals surface area (Å²) < 4.78 is 6.10. The minimum Gasteiger partial charge on any atom is -0.438 e.